The molecule has 0 saturated carbocycles. The van der Waals surface area contributed by atoms with Gasteiger partial charge in [0.15, 0.2) is 5.13 Å². The van der Waals surface area contributed by atoms with Gasteiger partial charge in [0.25, 0.3) is 10.0 Å². The van der Waals surface area contributed by atoms with Crippen LogP contribution in [0.3, 0.4) is 0 Å². The second kappa shape index (κ2) is 6.01. The fraction of sp³-hybridized carbons (Fsp3) is 0.250. The van der Waals surface area contributed by atoms with Gasteiger partial charge in [-0.2, -0.15) is 0 Å². The van der Waals surface area contributed by atoms with Gasteiger partial charge in [0.1, 0.15) is 0 Å². The summed E-state index contributed by atoms with van der Waals surface area (Å²) in [5.41, 5.74) is 0.907. The molecule has 0 aliphatic rings. The fourth-order valence-electron chi connectivity index (χ4n) is 1.62. The number of thiazole rings is 1. The van der Waals surface area contributed by atoms with Gasteiger partial charge >= 0.3 is 0 Å². The molecule has 1 heterocycles. The first-order valence-corrected chi connectivity index (χ1v) is 9.24. The number of hydrogen-bond donors (Lipinski definition) is 1. The molecule has 1 aromatic carbocycles. The third-order valence-electron chi connectivity index (χ3n) is 2.65. The van der Waals surface area contributed by atoms with Crippen LogP contribution in [0.4, 0.5) is 5.13 Å². The normalized spacial score (nSPS) is 11.6. The highest BCUT2D eigenvalue weighted by Gasteiger charge is 2.18. The van der Waals surface area contributed by atoms with E-state index in [4.69, 9.17) is 11.6 Å². The quantitative estimate of drug-likeness (QED) is 0.842. The minimum absolute atomic E-state index is 0.139. The van der Waals surface area contributed by atoms with Crippen molar-refractivity contribution in [3.8, 4) is 0 Å². The molecule has 0 radical (unpaired) electrons. The number of nitrogens with one attached hydrogen (secondary N) is 1. The summed E-state index contributed by atoms with van der Waals surface area (Å²) in [4.78, 5) is 5.42. The number of benzene rings is 1. The van der Waals surface area contributed by atoms with Crippen molar-refractivity contribution < 1.29 is 8.42 Å². The smallest absolute Gasteiger partial charge is 0.255 e. The molecule has 2 rings (SSSR count). The lowest BCUT2D eigenvalue weighted by Gasteiger charge is -2.06. The number of aryl methyl sites for hydroxylation is 2. The molecular weight excluding hydrogens is 384 g/mol. The molecule has 0 bridgehead atoms. The molecule has 0 saturated heterocycles. The molecule has 2 aromatic rings. The molecule has 0 atom stereocenters. The van der Waals surface area contributed by atoms with Gasteiger partial charge in [-0.15, -0.1) is 11.3 Å². The Labute approximate surface area is 135 Å². The molecule has 0 fully saturated rings. The van der Waals surface area contributed by atoms with E-state index in [0.29, 0.717) is 14.6 Å². The van der Waals surface area contributed by atoms with E-state index in [9.17, 15) is 8.42 Å². The van der Waals surface area contributed by atoms with Crippen LogP contribution in [-0.2, 0) is 16.4 Å². The Morgan fingerprint density at radius 2 is 2.15 bits per heavy atom. The first-order valence-electron chi connectivity index (χ1n) is 5.77. The minimum Gasteiger partial charge on any atom is -0.255 e. The summed E-state index contributed by atoms with van der Waals surface area (Å²) in [5.74, 6) is 0. The van der Waals surface area contributed by atoms with E-state index in [2.05, 4.69) is 25.6 Å². The zero-order valence-corrected chi connectivity index (χ0v) is 14.8. The molecule has 20 heavy (non-hydrogen) atoms. The van der Waals surface area contributed by atoms with Gasteiger partial charge in [0, 0.05) is 9.35 Å². The van der Waals surface area contributed by atoms with Crippen LogP contribution in [0, 0.1) is 6.92 Å². The van der Waals surface area contributed by atoms with E-state index >= 15 is 0 Å². The van der Waals surface area contributed by atoms with Crippen molar-refractivity contribution >= 4 is 54.0 Å². The summed E-state index contributed by atoms with van der Waals surface area (Å²) in [6.07, 6.45) is 0.774. The van der Waals surface area contributed by atoms with Crippen molar-refractivity contribution in [2.75, 3.05) is 4.72 Å². The lowest BCUT2D eigenvalue weighted by Crippen LogP contribution is -2.12. The van der Waals surface area contributed by atoms with E-state index in [0.717, 1.165) is 17.0 Å². The molecule has 0 amide bonds. The van der Waals surface area contributed by atoms with Crippen molar-refractivity contribution in [2.24, 2.45) is 0 Å². The molecule has 0 aliphatic heterocycles. The van der Waals surface area contributed by atoms with Gasteiger partial charge in [0.05, 0.1) is 15.6 Å². The summed E-state index contributed by atoms with van der Waals surface area (Å²) in [7, 11) is -3.65. The maximum atomic E-state index is 12.3. The van der Waals surface area contributed by atoms with Gasteiger partial charge in [-0.3, -0.25) is 4.72 Å². The SMILES string of the molecule is CCc1nc(NS(=O)(=O)c2ccc(Cl)c(Br)c2)sc1C. The number of halogens is 2. The highest BCUT2D eigenvalue weighted by molar-refractivity contribution is 9.10. The second-order valence-electron chi connectivity index (χ2n) is 4.06. The summed E-state index contributed by atoms with van der Waals surface area (Å²) in [6.45, 7) is 3.91. The van der Waals surface area contributed by atoms with Crippen molar-refractivity contribution in [3.63, 3.8) is 0 Å². The van der Waals surface area contributed by atoms with Crippen LogP contribution in [0.25, 0.3) is 0 Å². The van der Waals surface area contributed by atoms with Crippen molar-refractivity contribution in [2.45, 2.75) is 25.2 Å². The molecule has 0 unspecified atom stereocenters. The summed E-state index contributed by atoms with van der Waals surface area (Å²) in [5, 5.41) is 0.840. The van der Waals surface area contributed by atoms with Crippen LogP contribution in [0.2, 0.25) is 5.02 Å². The first kappa shape index (κ1) is 15.8. The highest BCUT2D eigenvalue weighted by Crippen LogP contribution is 2.28. The fourth-order valence-corrected chi connectivity index (χ4v) is 4.43. The first-order chi connectivity index (χ1) is 9.33. The maximum absolute atomic E-state index is 12.3. The monoisotopic (exact) mass is 394 g/mol. The third-order valence-corrected chi connectivity index (χ3v) is 6.26. The third kappa shape index (κ3) is 3.33. The lowest BCUT2D eigenvalue weighted by atomic mass is 10.3. The Kier molecular flexibility index (Phi) is 4.73. The number of nitrogens with zero attached hydrogens (tertiary/aromatic N) is 1. The van der Waals surface area contributed by atoms with Crippen LogP contribution in [-0.4, -0.2) is 13.4 Å². The van der Waals surface area contributed by atoms with Crippen molar-refractivity contribution in [1.29, 1.82) is 0 Å². The predicted octanol–water partition coefficient (Wildman–Crippen LogP) is 4.23. The van der Waals surface area contributed by atoms with Gasteiger partial charge in [-0.1, -0.05) is 18.5 Å². The number of hydrogen-bond acceptors (Lipinski definition) is 4. The molecule has 108 valence electrons. The Morgan fingerprint density at radius 1 is 1.45 bits per heavy atom. The average molecular weight is 396 g/mol. The van der Waals surface area contributed by atoms with Gasteiger partial charge in [0.2, 0.25) is 0 Å². The van der Waals surface area contributed by atoms with E-state index in [1.165, 1.54) is 29.5 Å². The Morgan fingerprint density at radius 3 is 2.70 bits per heavy atom. The second-order valence-corrected chi connectivity index (χ2v) is 8.20. The van der Waals surface area contributed by atoms with Crippen LogP contribution < -0.4 is 4.72 Å². The Bertz CT molecular complexity index is 744. The standard InChI is InChI=1S/C12H12BrClN2O2S2/c1-3-11-7(2)19-12(15-11)16-20(17,18)8-4-5-10(14)9(13)6-8/h4-6H,3H2,1-2H3,(H,15,16). The number of aromatic nitrogens is 1. The van der Waals surface area contributed by atoms with Crippen LogP contribution >= 0.6 is 38.9 Å². The maximum Gasteiger partial charge on any atom is 0.263 e. The topological polar surface area (TPSA) is 59.1 Å². The molecule has 0 spiro atoms. The molecule has 8 heteroatoms. The Balaban J connectivity index is 2.32. The number of rotatable bonds is 4. The summed E-state index contributed by atoms with van der Waals surface area (Å²) in [6, 6.07) is 4.45. The van der Waals surface area contributed by atoms with Crippen molar-refractivity contribution in [1.82, 2.24) is 4.98 Å². The highest BCUT2D eigenvalue weighted by atomic mass is 79.9. The van der Waals surface area contributed by atoms with E-state index in [-0.39, 0.29) is 4.90 Å². The average Bonchev–Trinajstić information content (AvgIpc) is 2.71. The predicted molar refractivity (Wildman–Crippen MR) is 86.2 cm³/mol. The minimum atomic E-state index is -3.65. The zero-order valence-electron chi connectivity index (χ0n) is 10.8. The Hall–Kier alpha value is -0.630. The van der Waals surface area contributed by atoms with Gasteiger partial charge in [-0.25, -0.2) is 13.4 Å². The molecular formula is C12H12BrClN2O2S2. The lowest BCUT2D eigenvalue weighted by molar-refractivity contribution is 0.601. The molecule has 4 nitrogen and oxygen atoms in total. The summed E-state index contributed by atoms with van der Waals surface area (Å²) >= 11 is 10.4. The molecule has 0 aliphatic carbocycles. The molecule has 1 aromatic heterocycles. The number of anilines is 1. The van der Waals surface area contributed by atoms with Gasteiger partial charge < -0.3 is 0 Å². The van der Waals surface area contributed by atoms with Crippen LogP contribution in [0.15, 0.2) is 27.6 Å². The zero-order chi connectivity index (χ0) is 14.9. The van der Waals surface area contributed by atoms with E-state index in [1.54, 1.807) is 0 Å². The molecule has 1 N–H and O–H groups in total. The van der Waals surface area contributed by atoms with Crippen LogP contribution in [0.5, 0.6) is 0 Å². The number of sulfonamides is 1. The van der Waals surface area contributed by atoms with Crippen LogP contribution in [0.1, 0.15) is 17.5 Å². The van der Waals surface area contributed by atoms with E-state index in [1.807, 2.05) is 13.8 Å². The van der Waals surface area contributed by atoms with Crippen molar-refractivity contribution in [3.05, 3.63) is 38.3 Å². The van der Waals surface area contributed by atoms with E-state index < -0.39 is 10.0 Å². The summed E-state index contributed by atoms with van der Waals surface area (Å²) < 4.78 is 27.6. The van der Waals surface area contributed by atoms with Gasteiger partial charge in [-0.05, 0) is 47.5 Å². The largest absolute Gasteiger partial charge is 0.263 e.